The molecule has 0 aromatic carbocycles. The summed E-state index contributed by atoms with van der Waals surface area (Å²) in [5.74, 6) is 1.41. The van der Waals surface area contributed by atoms with E-state index in [9.17, 15) is 0 Å². The molecule has 0 saturated carbocycles. The van der Waals surface area contributed by atoms with Gasteiger partial charge in [-0.05, 0) is 18.2 Å². The number of pyridine rings is 1. The van der Waals surface area contributed by atoms with Crippen LogP contribution in [0.25, 0.3) is 0 Å². The van der Waals surface area contributed by atoms with Gasteiger partial charge in [0.05, 0.1) is 12.0 Å². The van der Waals surface area contributed by atoms with Crippen LogP contribution in [0, 0.1) is 0 Å². The smallest absolute Gasteiger partial charge is 0.213 e. The van der Waals surface area contributed by atoms with Crippen molar-refractivity contribution < 1.29 is 9.15 Å². The summed E-state index contributed by atoms with van der Waals surface area (Å²) in [7, 11) is 0. The van der Waals surface area contributed by atoms with Crippen LogP contribution >= 0.6 is 0 Å². The summed E-state index contributed by atoms with van der Waals surface area (Å²) in [4.78, 5) is 4.42. The van der Waals surface area contributed by atoms with E-state index in [0.717, 1.165) is 18.0 Å². The molecule has 0 spiro atoms. The summed E-state index contributed by atoms with van der Waals surface area (Å²) in [6, 6.07) is 9.94. The number of nitrogens with one attached hydrogen (secondary N) is 1. The van der Waals surface area contributed by atoms with Crippen molar-refractivity contribution in [1.82, 2.24) is 10.3 Å². The fraction of sp³-hybridized carbons (Fsp3) is 0.357. The Morgan fingerprint density at radius 2 is 2.17 bits per heavy atom. The van der Waals surface area contributed by atoms with Gasteiger partial charge in [0.25, 0.3) is 0 Å². The average molecular weight is 246 g/mol. The highest BCUT2D eigenvalue weighted by atomic mass is 16.5. The van der Waals surface area contributed by atoms with Gasteiger partial charge in [-0.3, -0.25) is 0 Å². The predicted octanol–water partition coefficient (Wildman–Crippen LogP) is 2.75. The zero-order valence-corrected chi connectivity index (χ0v) is 10.7. The highest BCUT2D eigenvalue weighted by Crippen LogP contribution is 2.10. The molecule has 0 saturated heterocycles. The van der Waals surface area contributed by atoms with Crippen LogP contribution < -0.4 is 10.1 Å². The molecule has 0 unspecified atom stereocenters. The van der Waals surface area contributed by atoms with Crippen molar-refractivity contribution in [2.45, 2.75) is 33.0 Å². The Morgan fingerprint density at radius 3 is 2.89 bits per heavy atom. The molecule has 96 valence electrons. The van der Waals surface area contributed by atoms with Crippen LogP contribution in [0.15, 0.2) is 41.0 Å². The lowest BCUT2D eigenvalue weighted by Gasteiger charge is -2.09. The van der Waals surface area contributed by atoms with Gasteiger partial charge in [0.2, 0.25) is 5.88 Å². The standard InChI is InChI=1S/C14H18N2O2/c1-11(2)15-9-12-5-3-7-14(16-12)18-10-13-6-4-8-17-13/h3-8,11,15H,9-10H2,1-2H3. The quantitative estimate of drug-likeness (QED) is 0.851. The molecule has 0 radical (unpaired) electrons. The number of aromatic nitrogens is 1. The van der Waals surface area contributed by atoms with Crippen molar-refractivity contribution in [2.75, 3.05) is 0 Å². The van der Waals surface area contributed by atoms with E-state index in [1.54, 1.807) is 6.26 Å². The maximum atomic E-state index is 5.57. The first-order chi connectivity index (χ1) is 8.74. The molecular formula is C14H18N2O2. The highest BCUT2D eigenvalue weighted by molar-refractivity contribution is 5.16. The minimum absolute atomic E-state index is 0.404. The second-order valence-corrected chi connectivity index (χ2v) is 4.37. The van der Waals surface area contributed by atoms with Crippen molar-refractivity contribution in [3.8, 4) is 5.88 Å². The second kappa shape index (κ2) is 6.21. The van der Waals surface area contributed by atoms with Crippen LogP contribution in [0.2, 0.25) is 0 Å². The maximum absolute atomic E-state index is 5.57. The van der Waals surface area contributed by atoms with Crippen molar-refractivity contribution in [3.05, 3.63) is 48.0 Å². The van der Waals surface area contributed by atoms with Crippen molar-refractivity contribution >= 4 is 0 Å². The van der Waals surface area contributed by atoms with Crippen molar-refractivity contribution in [1.29, 1.82) is 0 Å². The molecule has 1 N–H and O–H groups in total. The Morgan fingerprint density at radius 1 is 1.28 bits per heavy atom. The average Bonchev–Trinajstić information content (AvgIpc) is 2.87. The molecule has 2 aromatic rings. The Hall–Kier alpha value is -1.81. The van der Waals surface area contributed by atoms with Gasteiger partial charge in [0, 0.05) is 18.7 Å². The van der Waals surface area contributed by atoms with Gasteiger partial charge in [-0.1, -0.05) is 19.9 Å². The fourth-order valence-corrected chi connectivity index (χ4v) is 1.48. The molecule has 0 aliphatic carbocycles. The molecule has 4 heteroatoms. The lowest BCUT2D eigenvalue weighted by Crippen LogP contribution is -2.22. The molecule has 4 nitrogen and oxygen atoms in total. The third-order valence-corrected chi connectivity index (χ3v) is 2.42. The second-order valence-electron chi connectivity index (χ2n) is 4.37. The van der Waals surface area contributed by atoms with Crippen LogP contribution in [0.1, 0.15) is 25.3 Å². The Labute approximate surface area is 107 Å². The van der Waals surface area contributed by atoms with Gasteiger partial charge < -0.3 is 14.5 Å². The summed E-state index contributed by atoms with van der Waals surface area (Å²) < 4.78 is 10.8. The van der Waals surface area contributed by atoms with E-state index in [4.69, 9.17) is 9.15 Å². The van der Waals surface area contributed by atoms with Gasteiger partial charge in [-0.2, -0.15) is 0 Å². The molecule has 0 aliphatic rings. The first-order valence-corrected chi connectivity index (χ1v) is 6.08. The van der Waals surface area contributed by atoms with E-state index in [1.165, 1.54) is 0 Å². The van der Waals surface area contributed by atoms with E-state index in [2.05, 4.69) is 24.1 Å². The Bertz CT molecular complexity index is 466. The number of hydrogen-bond acceptors (Lipinski definition) is 4. The van der Waals surface area contributed by atoms with Crippen molar-refractivity contribution in [3.63, 3.8) is 0 Å². The van der Waals surface area contributed by atoms with Crippen LogP contribution in [0.5, 0.6) is 5.88 Å². The summed E-state index contributed by atoms with van der Waals surface area (Å²) in [6.07, 6.45) is 1.63. The lowest BCUT2D eigenvalue weighted by atomic mass is 10.3. The van der Waals surface area contributed by atoms with Crippen LogP contribution in [0.3, 0.4) is 0 Å². The molecule has 18 heavy (non-hydrogen) atoms. The SMILES string of the molecule is CC(C)NCc1cccc(OCc2ccco2)n1. The van der Waals surface area contributed by atoms with E-state index >= 15 is 0 Å². The minimum Gasteiger partial charge on any atom is -0.469 e. The molecule has 0 aliphatic heterocycles. The molecule has 0 amide bonds. The number of furan rings is 1. The number of ether oxygens (including phenoxy) is 1. The van der Waals surface area contributed by atoms with Crippen LogP contribution in [-0.4, -0.2) is 11.0 Å². The van der Waals surface area contributed by atoms with Gasteiger partial charge in [0.1, 0.15) is 12.4 Å². The first-order valence-electron chi connectivity index (χ1n) is 6.08. The van der Waals surface area contributed by atoms with Crippen LogP contribution in [0.4, 0.5) is 0 Å². The van der Waals surface area contributed by atoms with Gasteiger partial charge >= 0.3 is 0 Å². The Kier molecular flexibility index (Phi) is 4.36. The zero-order chi connectivity index (χ0) is 12.8. The Balaban J connectivity index is 1.90. The summed E-state index contributed by atoms with van der Waals surface area (Å²) in [5.41, 5.74) is 0.973. The summed E-state index contributed by atoms with van der Waals surface area (Å²) >= 11 is 0. The van der Waals surface area contributed by atoms with Gasteiger partial charge in [-0.15, -0.1) is 0 Å². The largest absolute Gasteiger partial charge is 0.469 e. The maximum Gasteiger partial charge on any atom is 0.213 e. The van der Waals surface area contributed by atoms with E-state index in [-0.39, 0.29) is 0 Å². The normalized spacial score (nSPS) is 10.8. The third-order valence-electron chi connectivity index (χ3n) is 2.42. The minimum atomic E-state index is 0.404. The predicted molar refractivity (Wildman–Crippen MR) is 69.3 cm³/mol. The van der Waals surface area contributed by atoms with E-state index in [1.807, 2.05) is 30.3 Å². The number of rotatable bonds is 6. The van der Waals surface area contributed by atoms with Crippen molar-refractivity contribution in [2.24, 2.45) is 0 Å². The van der Waals surface area contributed by atoms with E-state index < -0.39 is 0 Å². The number of hydrogen-bond donors (Lipinski definition) is 1. The van der Waals surface area contributed by atoms with Gasteiger partial charge in [-0.25, -0.2) is 4.98 Å². The third kappa shape index (κ3) is 3.89. The zero-order valence-electron chi connectivity index (χ0n) is 10.7. The number of nitrogens with zero attached hydrogens (tertiary/aromatic N) is 1. The first kappa shape index (κ1) is 12.6. The van der Waals surface area contributed by atoms with Crippen LogP contribution in [-0.2, 0) is 13.2 Å². The van der Waals surface area contributed by atoms with Gasteiger partial charge in [0.15, 0.2) is 0 Å². The summed E-state index contributed by atoms with van der Waals surface area (Å²) in [6.45, 7) is 5.37. The molecule has 0 bridgehead atoms. The highest BCUT2D eigenvalue weighted by Gasteiger charge is 2.01. The molecule has 0 fully saturated rings. The molecule has 0 atom stereocenters. The summed E-state index contributed by atoms with van der Waals surface area (Å²) in [5, 5.41) is 3.32. The molecule has 2 rings (SSSR count). The fourth-order valence-electron chi connectivity index (χ4n) is 1.48. The topological polar surface area (TPSA) is 47.3 Å². The lowest BCUT2D eigenvalue weighted by molar-refractivity contribution is 0.260. The molecular weight excluding hydrogens is 228 g/mol. The molecule has 2 heterocycles. The van der Waals surface area contributed by atoms with E-state index in [0.29, 0.717) is 18.5 Å². The monoisotopic (exact) mass is 246 g/mol. The molecule has 2 aromatic heterocycles.